The molecule has 0 saturated carbocycles. The smallest absolute Gasteiger partial charge is 0.253 e. The molecule has 0 aliphatic rings. The van der Waals surface area contributed by atoms with Crippen molar-refractivity contribution in [2.45, 2.75) is 13.0 Å². The predicted molar refractivity (Wildman–Crippen MR) is 101 cm³/mol. The van der Waals surface area contributed by atoms with E-state index >= 15 is 0 Å². The van der Waals surface area contributed by atoms with Crippen LogP contribution in [0.3, 0.4) is 0 Å². The number of halogens is 1. The van der Waals surface area contributed by atoms with Crippen LogP contribution in [0.15, 0.2) is 64.4 Å². The maximum Gasteiger partial charge on any atom is 0.253 e. The van der Waals surface area contributed by atoms with Gasteiger partial charge in [0.1, 0.15) is 12.1 Å². The van der Waals surface area contributed by atoms with Crippen molar-refractivity contribution in [3.8, 4) is 11.1 Å². The van der Waals surface area contributed by atoms with Crippen LogP contribution >= 0.6 is 11.6 Å². The molecule has 0 saturated heterocycles. The van der Waals surface area contributed by atoms with Gasteiger partial charge in [-0.25, -0.2) is 4.98 Å². The van der Waals surface area contributed by atoms with Gasteiger partial charge in [-0.3, -0.25) is 4.79 Å². The van der Waals surface area contributed by atoms with E-state index in [1.807, 2.05) is 31.2 Å². The molecule has 2 N–H and O–H groups in total. The van der Waals surface area contributed by atoms with Crippen LogP contribution in [0.2, 0.25) is 5.02 Å². The normalized spacial score (nSPS) is 12.2. The molecule has 4 rings (SSSR count). The fourth-order valence-corrected chi connectivity index (χ4v) is 3.03. The Morgan fingerprint density at radius 2 is 2.08 bits per heavy atom. The maximum absolute atomic E-state index is 12.4. The van der Waals surface area contributed by atoms with Crippen molar-refractivity contribution in [1.29, 1.82) is 0 Å². The van der Waals surface area contributed by atoms with Gasteiger partial charge in [-0.2, -0.15) is 0 Å². The quantitative estimate of drug-likeness (QED) is 0.559. The molecular formula is C19H15ClN4O2. The molecule has 0 bridgehead atoms. The average Bonchev–Trinajstić information content (AvgIpc) is 3.16. The van der Waals surface area contributed by atoms with Gasteiger partial charge in [0.15, 0.2) is 0 Å². The summed E-state index contributed by atoms with van der Waals surface area (Å²) in [5.74, 6) is 0.654. The van der Waals surface area contributed by atoms with Gasteiger partial charge in [0.05, 0.1) is 12.2 Å². The number of hydrogen-bond donors (Lipinski definition) is 2. The summed E-state index contributed by atoms with van der Waals surface area (Å²) >= 11 is 6.06. The van der Waals surface area contributed by atoms with E-state index in [4.69, 9.17) is 16.1 Å². The zero-order chi connectivity index (χ0) is 18.1. The second-order valence-electron chi connectivity index (χ2n) is 5.99. The number of pyridine rings is 2. The average molecular weight is 367 g/mol. The minimum Gasteiger partial charge on any atom is -0.364 e. The Balaban J connectivity index is 1.65. The van der Waals surface area contributed by atoms with E-state index in [1.54, 1.807) is 30.8 Å². The van der Waals surface area contributed by atoms with Crippen molar-refractivity contribution in [3.05, 3.63) is 76.0 Å². The van der Waals surface area contributed by atoms with Gasteiger partial charge in [-0.15, -0.1) is 0 Å². The van der Waals surface area contributed by atoms with Crippen molar-refractivity contribution < 1.29 is 4.52 Å². The number of anilines is 1. The zero-order valence-corrected chi connectivity index (χ0v) is 14.6. The zero-order valence-electron chi connectivity index (χ0n) is 13.9. The number of hydrogen-bond acceptors (Lipinski definition) is 5. The maximum atomic E-state index is 12.4. The summed E-state index contributed by atoms with van der Waals surface area (Å²) in [5, 5.41) is 8.48. The van der Waals surface area contributed by atoms with Crippen LogP contribution in [-0.4, -0.2) is 15.1 Å². The Morgan fingerprint density at radius 3 is 2.88 bits per heavy atom. The molecule has 1 aromatic carbocycles. The van der Waals surface area contributed by atoms with Crippen LogP contribution in [0.25, 0.3) is 22.0 Å². The number of fused-ring (bicyclic) bond motifs is 1. The van der Waals surface area contributed by atoms with Crippen LogP contribution in [0.1, 0.15) is 18.5 Å². The molecule has 3 heterocycles. The Hall–Kier alpha value is -3.12. The fraction of sp³-hybridized carbons (Fsp3) is 0.105. The van der Waals surface area contributed by atoms with E-state index in [9.17, 15) is 4.79 Å². The lowest BCUT2D eigenvalue weighted by molar-refractivity contribution is 0.420. The summed E-state index contributed by atoms with van der Waals surface area (Å²) in [4.78, 5) is 19.6. The first-order valence-electron chi connectivity index (χ1n) is 8.05. The van der Waals surface area contributed by atoms with Crippen molar-refractivity contribution in [3.63, 3.8) is 0 Å². The van der Waals surface area contributed by atoms with Gasteiger partial charge in [-0.05, 0) is 48.9 Å². The summed E-state index contributed by atoms with van der Waals surface area (Å²) in [6.45, 7) is 1.91. The molecule has 0 aliphatic carbocycles. The number of H-pyrrole nitrogens is 1. The SMILES string of the molecule is CC(Nc1cc(-c2cnoc2)ccn1)c1cc2cc(Cl)ccc2[nH]c1=O. The Bertz CT molecular complexity index is 1120. The van der Waals surface area contributed by atoms with Crippen LogP contribution in [-0.2, 0) is 0 Å². The van der Waals surface area contributed by atoms with E-state index in [-0.39, 0.29) is 11.6 Å². The summed E-state index contributed by atoms with van der Waals surface area (Å²) < 4.78 is 4.88. The topological polar surface area (TPSA) is 83.8 Å². The first-order valence-corrected chi connectivity index (χ1v) is 8.43. The lowest BCUT2D eigenvalue weighted by Crippen LogP contribution is -2.19. The molecule has 0 aliphatic heterocycles. The molecule has 1 unspecified atom stereocenters. The first-order chi connectivity index (χ1) is 12.6. The number of rotatable bonds is 4. The second kappa shape index (κ2) is 6.65. The highest BCUT2D eigenvalue weighted by Crippen LogP contribution is 2.24. The fourth-order valence-electron chi connectivity index (χ4n) is 2.85. The van der Waals surface area contributed by atoms with Gasteiger partial charge < -0.3 is 14.8 Å². The molecule has 4 aromatic rings. The molecule has 0 spiro atoms. The van der Waals surface area contributed by atoms with Crippen LogP contribution in [0.5, 0.6) is 0 Å². The highest BCUT2D eigenvalue weighted by atomic mass is 35.5. The second-order valence-corrected chi connectivity index (χ2v) is 6.43. The molecule has 0 fully saturated rings. The van der Waals surface area contributed by atoms with Gasteiger partial charge in [0, 0.05) is 33.2 Å². The number of nitrogens with zero attached hydrogens (tertiary/aromatic N) is 2. The van der Waals surface area contributed by atoms with Gasteiger partial charge >= 0.3 is 0 Å². The number of aromatic nitrogens is 3. The van der Waals surface area contributed by atoms with E-state index in [1.165, 1.54) is 0 Å². The van der Waals surface area contributed by atoms with E-state index in [0.29, 0.717) is 16.4 Å². The molecule has 7 heteroatoms. The monoisotopic (exact) mass is 366 g/mol. The highest BCUT2D eigenvalue weighted by molar-refractivity contribution is 6.31. The van der Waals surface area contributed by atoms with Gasteiger partial charge in [0.25, 0.3) is 5.56 Å². The minimum atomic E-state index is -0.243. The molecule has 6 nitrogen and oxygen atoms in total. The molecule has 0 radical (unpaired) electrons. The largest absolute Gasteiger partial charge is 0.364 e. The number of aromatic amines is 1. The predicted octanol–water partition coefficient (Wildman–Crippen LogP) is 4.40. The molecule has 130 valence electrons. The van der Waals surface area contributed by atoms with E-state index < -0.39 is 0 Å². The standard InChI is InChI=1S/C19H15ClN4O2/c1-11(16-7-13-6-15(20)2-3-17(13)24-19(16)25)23-18-8-12(4-5-21-18)14-9-22-26-10-14/h2-11H,1H3,(H,21,23)(H,24,25). The van der Waals surface area contributed by atoms with Crippen LogP contribution in [0.4, 0.5) is 5.82 Å². The molecule has 3 aromatic heterocycles. The minimum absolute atomic E-state index is 0.144. The third-order valence-corrected chi connectivity index (χ3v) is 4.43. The third kappa shape index (κ3) is 3.19. The lowest BCUT2D eigenvalue weighted by atomic mass is 10.1. The summed E-state index contributed by atoms with van der Waals surface area (Å²) in [6.07, 6.45) is 4.91. The van der Waals surface area contributed by atoms with Crippen molar-refractivity contribution in [1.82, 2.24) is 15.1 Å². The van der Waals surface area contributed by atoms with Crippen molar-refractivity contribution in [2.75, 3.05) is 5.32 Å². The molecular weight excluding hydrogens is 352 g/mol. The van der Waals surface area contributed by atoms with Crippen LogP contribution in [0, 0.1) is 0 Å². The Labute approximate surface area is 153 Å². The summed E-state index contributed by atoms with van der Waals surface area (Å²) in [7, 11) is 0. The Morgan fingerprint density at radius 1 is 1.19 bits per heavy atom. The van der Waals surface area contributed by atoms with Crippen molar-refractivity contribution in [2.24, 2.45) is 0 Å². The first kappa shape index (κ1) is 16.4. The Kier molecular flexibility index (Phi) is 4.18. The van der Waals surface area contributed by atoms with E-state index in [2.05, 4.69) is 20.4 Å². The number of benzene rings is 1. The van der Waals surface area contributed by atoms with Crippen LogP contribution < -0.4 is 10.9 Å². The summed E-state index contributed by atoms with van der Waals surface area (Å²) in [5.41, 5.74) is 3.01. The molecule has 1 atom stereocenters. The van der Waals surface area contributed by atoms with E-state index in [0.717, 1.165) is 22.0 Å². The lowest BCUT2D eigenvalue weighted by Gasteiger charge is -2.15. The molecule has 26 heavy (non-hydrogen) atoms. The highest BCUT2D eigenvalue weighted by Gasteiger charge is 2.13. The van der Waals surface area contributed by atoms with Crippen molar-refractivity contribution >= 4 is 28.3 Å². The van der Waals surface area contributed by atoms with Gasteiger partial charge in [-0.1, -0.05) is 16.8 Å². The summed E-state index contributed by atoms with van der Waals surface area (Å²) in [6, 6.07) is 10.7. The number of nitrogens with one attached hydrogen (secondary N) is 2. The third-order valence-electron chi connectivity index (χ3n) is 4.19. The van der Waals surface area contributed by atoms with Gasteiger partial charge in [0.2, 0.25) is 0 Å². The molecule has 0 amide bonds.